The Bertz CT molecular complexity index is 999. The molecule has 0 bridgehead atoms. The van der Waals surface area contributed by atoms with E-state index in [1.807, 2.05) is 13.8 Å². The minimum atomic E-state index is -1.04. The fourth-order valence-electron chi connectivity index (χ4n) is 2.44. The second-order valence-corrected chi connectivity index (χ2v) is 5.89. The molecule has 0 saturated carbocycles. The summed E-state index contributed by atoms with van der Waals surface area (Å²) in [4.78, 5) is 23.7. The summed E-state index contributed by atoms with van der Waals surface area (Å²) < 4.78 is 11.5. The number of phenolic OH excluding ortho intramolecular Hbond substituents is 1. The van der Waals surface area contributed by atoms with Gasteiger partial charge in [0.25, 0.3) is 0 Å². The molecule has 3 aromatic rings. The molecule has 128 valence electrons. The van der Waals surface area contributed by atoms with Crippen LogP contribution in [-0.4, -0.2) is 16.2 Å². The summed E-state index contributed by atoms with van der Waals surface area (Å²) in [6, 6.07) is 10.0. The maximum atomic E-state index is 12.8. The molecule has 6 nitrogen and oxygen atoms in total. The van der Waals surface area contributed by atoms with Gasteiger partial charge in [0.15, 0.2) is 5.76 Å². The first-order valence-electron chi connectivity index (χ1n) is 7.67. The van der Waals surface area contributed by atoms with Crippen LogP contribution < -0.4 is 10.2 Å². The number of aromatic hydroxyl groups is 1. The molecule has 0 atom stereocenters. The molecule has 0 aliphatic rings. The molecule has 1 heterocycles. The molecule has 0 aliphatic carbocycles. The second kappa shape index (κ2) is 6.32. The zero-order chi connectivity index (χ0) is 18.1. The second-order valence-electron chi connectivity index (χ2n) is 5.89. The van der Waals surface area contributed by atoms with Crippen molar-refractivity contribution in [1.29, 1.82) is 0 Å². The predicted molar refractivity (Wildman–Crippen MR) is 91.7 cm³/mol. The maximum absolute atomic E-state index is 12.8. The number of fused-ring (bicyclic) bond motifs is 1. The molecule has 0 fully saturated rings. The minimum Gasteiger partial charge on any atom is -0.508 e. The van der Waals surface area contributed by atoms with Gasteiger partial charge in [-0.1, -0.05) is 13.8 Å². The zero-order valence-electron chi connectivity index (χ0n) is 13.6. The van der Waals surface area contributed by atoms with Crippen LogP contribution in [0.2, 0.25) is 0 Å². The van der Waals surface area contributed by atoms with Gasteiger partial charge in [0.1, 0.15) is 17.1 Å². The van der Waals surface area contributed by atoms with Crippen molar-refractivity contribution in [2.45, 2.75) is 19.8 Å². The number of carboxylic acids is 1. The first kappa shape index (κ1) is 16.6. The highest BCUT2D eigenvalue weighted by Crippen LogP contribution is 2.31. The number of benzene rings is 2. The van der Waals surface area contributed by atoms with Crippen LogP contribution in [0.1, 0.15) is 35.9 Å². The van der Waals surface area contributed by atoms with Crippen LogP contribution in [0, 0.1) is 0 Å². The lowest BCUT2D eigenvalue weighted by Gasteiger charge is -2.13. The van der Waals surface area contributed by atoms with Crippen molar-refractivity contribution >= 4 is 16.9 Å². The van der Waals surface area contributed by atoms with Gasteiger partial charge in [0.05, 0.1) is 10.9 Å². The third-order valence-corrected chi connectivity index (χ3v) is 3.71. The van der Waals surface area contributed by atoms with Crippen molar-refractivity contribution < 1.29 is 24.2 Å². The smallest absolute Gasteiger partial charge is 0.335 e. The van der Waals surface area contributed by atoms with Gasteiger partial charge in [-0.05, 0) is 36.4 Å². The molecular weight excluding hydrogens is 324 g/mol. The summed E-state index contributed by atoms with van der Waals surface area (Å²) in [5.74, 6) is -0.436. The Kier molecular flexibility index (Phi) is 4.19. The first-order valence-corrected chi connectivity index (χ1v) is 7.67. The lowest BCUT2D eigenvalue weighted by atomic mass is 10.1. The summed E-state index contributed by atoms with van der Waals surface area (Å²) >= 11 is 0. The molecule has 1 aromatic heterocycles. The third-order valence-electron chi connectivity index (χ3n) is 3.71. The third kappa shape index (κ3) is 3.19. The van der Waals surface area contributed by atoms with Gasteiger partial charge in [0, 0.05) is 12.0 Å². The number of phenols is 1. The molecule has 0 radical (unpaired) electrons. The fraction of sp³-hybridized carbons (Fsp3) is 0.158. The number of hydrogen-bond donors (Lipinski definition) is 2. The van der Waals surface area contributed by atoms with Crippen LogP contribution in [0.5, 0.6) is 17.2 Å². The Morgan fingerprint density at radius 3 is 2.40 bits per heavy atom. The number of ether oxygens (including phenoxy) is 1. The van der Waals surface area contributed by atoms with Crippen LogP contribution in [-0.2, 0) is 0 Å². The molecule has 0 unspecified atom stereocenters. The number of carbonyl (C=O) groups is 1. The highest BCUT2D eigenvalue weighted by Gasteiger charge is 2.19. The lowest BCUT2D eigenvalue weighted by Crippen LogP contribution is -2.10. The normalized spacial score (nSPS) is 11.0. The van der Waals surface area contributed by atoms with Gasteiger partial charge >= 0.3 is 5.97 Å². The van der Waals surface area contributed by atoms with Gasteiger partial charge in [-0.25, -0.2) is 4.79 Å². The van der Waals surface area contributed by atoms with Crippen LogP contribution in [0.25, 0.3) is 11.0 Å². The van der Waals surface area contributed by atoms with E-state index in [1.165, 1.54) is 42.5 Å². The van der Waals surface area contributed by atoms with Crippen LogP contribution in [0.3, 0.4) is 0 Å². The monoisotopic (exact) mass is 340 g/mol. The lowest BCUT2D eigenvalue weighted by molar-refractivity contribution is 0.0697. The molecule has 2 aromatic carbocycles. The molecule has 0 amide bonds. The molecule has 0 saturated heterocycles. The van der Waals surface area contributed by atoms with E-state index in [4.69, 9.17) is 14.3 Å². The van der Waals surface area contributed by atoms with E-state index < -0.39 is 5.97 Å². The molecular formula is C19H16O6. The Balaban J connectivity index is 2.12. The topological polar surface area (TPSA) is 97.0 Å². The van der Waals surface area contributed by atoms with Gasteiger partial charge in [-0.15, -0.1) is 0 Å². The molecule has 2 N–H and O–H groups in total. The van der Waals surface area contributed by atoms with Gasteiger partial charge in [-0.3, -0.25) is 4.79 Å². The van der Waals surface area contributed by atoms with Crippen LogP contribution in [0.15, 0.2) is 51.7 Å². The summed E-state index contributed by atoms with van der Waals surface area (Å²) in [7, 11) is 0. The van der Waals surface area contributed by atoms with Crippen molar-refractivity contribution in [1.82, 2.24) is 0 Å². The highest BCUT2D eigenvalue weighted by molar-refractivity contribution is 5.87. The first-order chi connectivity index (χ1) is 11.9. The van der Waals surface area contributed by atoms with Gasteiger partial charge in [0.2, 0.25) is 11.2 Å². The van der Waals surface area contributed by atoms with E-state index in [0.29, 0.717) is 16.9 Å². The molecule has 6 heteroatoms. The SMILES string of the molecule is CC(C)c1oc2cc(O)ccc2c(=O)c1Oc1ccc(C(=O)O)cc1. The van der Waals surface area contributed by atoms with Crippen molar-refractivity contribution in [2.24, 2.45) is 0 Å². The Labute approximate surface area is 142 Å². The van der Waals surface area contributed by atoms with Crippen molar-refractivity contribution in [3.05, 3.63) is 64.0 Å². The van der Waals surface area contributed by atoms with Crippen molar-refractivity contribution in [2.75, 3.05) is 0 Å². The fourth-order valence-corrected chi connectivity index (χ4v) is 2.44. The standard InChI is InChI=1S/C19H16O6/c1-10(2)17-18(24-13-6-3-11(4-7-13)19(22)23)16(21)14-8-5-12(20)9-15(14)25-17/h3-10,20H,1-2H3,(H,22,23). The average Bonchev–Trinajstić information content (AvgIpc) is 2.57. The maximum Gasteiger partial charge on any atom is 0.335 e. The molecule has 3 rings (SSSR count). The number of carboxylic acid groups (broad SMARTS) is 1. The molecule has 0 spiro atoms. The number of aromatic carboxylic acids is 1. The number of rotatable bonds is 4. The van der Waals surface area contributed by atoms with Crippen LogP contribution in [0.4, 0.5) is 0 Å². The molecule has 25 heavy (non-hydrogen) atoms. The largest absolute Gasteiger partial charge is 0.508 e. The summed E-state index contributed by atoms with van der Waals surface area (Å²) in [6.45, 7) is 3.71. The quantitative estimate of drug-likeness (QED) is 0.742. The van der Waals surface area contributed by atoms with E-state index in [0.717, 1.165) is 0 Å². The van der Waals surface area contributed by atoms with Gasteiger partial charge in [-0.2, -0.15) is 0 Å². The van der Waals surface area contributed by atoms with Crippen LogP contribution >= 0.6 is 0 Å². The average molecular weight is 340 g/mol. The molecule has 0 aliphatic heterocycles. The Morgan fingerprint density at radius 2 is 1.80 bits per heavy atom. The number of hydrogen-bond acceptors (Lipinski definition) is 5. The summed E-state index contributed by atoms with van der Waals surface area (Å²) in [5, 5.41) is 18.8. The zero-order valence-corrected chi connectivity index (χ0v) is 13.6. The Morgan fingerprint density at radius 1 is 1.12 bits per heavy atom. The van der Waals surface area contributed by atoms with Crippen molar-refractivity contribution in [3.8, 4) is 17.2 Å². The minimum absolute atomic E-state index is 0.00304. The van der Waals surface area contributed by atoms with E-state index in [2.05, 4.69) is 0 Å². The predicted octanol–water partition coefficient (Wildman–Crippen LogP) is 4.11. The summed E-state index contributed by atoms with van der Waals surface area (Å²) in [6.07, 6.45) is 0. The Hall–Kier alpha value is -3.28. The van der Waals surface area contributed by atoms with E-state index in [9.17, 15) is 14.7 Å². The highest BCUT2D eigenvalue weighted by atomic mass is 16.5. The van der Waals surface area contributed by atoms with Crippen molar-refractivity contribution in [3.63, 3.8) is 0 Å². The van der Waals surface area contributed by atoms with E-state index >= 15 is 0 Å². The summed E-state index contributed by atoms with van der Waals surface area (Å²) in [5.41, 5.74) is 0.0481. The van der Waals surface area contributed by atoms with Gasteiger partial charge < -0.3 is 19.4 Å². The van der Waals surface area contributed by atoms with E-state index in [-0.39, 0.29) is 34.0 Å². The van der Waals surface area contributed by atoms with E-state index in [1.54, 1.807) is 0 Å².